The summed E-state index contributed by atoms with van der Waals surface area (Å²) in [6.07, 6.45) is 0. The number of ether oxygens (including phenoxy) is 2. The van der Waals surface area contributed by atoms with Gasteiger partial charge in [0.2, 0.25) is 0 Å². The molecule has 1 atom stereocenters. The fraction of sp³-hybridized carbons (Fsp3) is 0.158. The molecular weight excluding hydrogens is 306 g/mol. The van der Waals surface area contributed by atoms with Crippen LogP contribution in [0.5, 0.6) is 11.5 Å². The predicted octanol–water partition coefficient (Wildman–Crippen LogP) is 4.38. The van der Waals surface area contributed by atoms with Crippen molar-refractivity contribution in [2.75, 3.05) is 7.11 Å². The minimum Gasteiger partial charge on any atom is -0.493 e. The summed E-state index contributed by atoms with van der Waals surface area (Å²) in [6.45, 7) is 0.507. The molecule has 118 valence electrons. The number of benzene rings is 2. The molecule has 0 unspecified atom stereocenters. The number of rotatable bonds is 6. The summed E-state index contributed by atoms with van der Waals surface area (Å²) < 4.78 is 11.3. The Labute approximate surface area is 140 Å². The molecule has 3 nitrogen and oxygen atoms in total. The topological polar surface area (TPSA) is 44.5 Å². The van der Waals surface area contributed by atoms with Crippen LogP contribution in [0.3, 0.4) is 0 Å². The fourth-order valence-corrected chi connectivity index (χ4v) is 3.07. The third-order valence-electron chi connectivity index (χ3n) is 3.69. The molecule has 0 fully saturated rings. The van der Waals surface area contributed by atoms with E-state index in [9.17, 15) is 0 Å². The van der Waals surface area contributed by atoms with Crippen molar-refractivity contribution in [1.29, 1.82) is 0 Å². The van der Waals surface area contributed by atoms with E-state index in [0.29, 0.717) is 12.4 Å². The first kappa shape index (κ1) is 15.6. The molecular formula is C19H19NO2S. The van der Waals surface area contributed by atoms with E-state index >= 15 is 0 Å². The SMILES string of the molecule is COc1cc([C@@H](N)c2ccsc2)ccc1OCc1ccccc1. The van der Waals surface area contributed by atoms with Crippen LogP contribution in [0.4, 0.5) is 0 Å². The zero-order chi connectivity index (χ0) is 16.1. The van der Waals surface area contributed by atoms with Gasteiger partial charge in [0.1, 0.15) is 6.61 Å². The van der Waals surface area contributed by atoms with Gasteiger partial charge in [0.05, 0.1) is 13.2 Å². The molecule has 1 heterocycles. The molecule has 1 aromatic heterocycles. The average molecular weight is 325 g/mol. The lowest BCUT2D eigenvalue weighted by molar-refractivity contribution is 0.284. The molecule has 0 spiro atoms. The Morgan fingerprint density at radius 1 is 1.00 bits per heavy atom. The van der Waals surface area contributed by atoms with Gasteiger partial charge in [0.15, 0.2) is 11.5 Å². The van der Waals surface area contributed by atoms with Gasteiger partial charge < -0.3 is 15.2 Å². The molecule has 0 aliphatic heterocycles. The molecule has 4 heteroatoms. The third kappa shape index (κ3) is 3.73. The van der Waals surface area contributed by atoms with Crippen molar-refractivity contribution in [3.63, 3.8) is 0 Å². The summed E-state index contributed by atoms with van der Waals surface area (Å²) in [4.78, 5) is 0. The molecule has 2 N–H and O–H groups in total. The van der Waals surface area contributed by atoms with Gasteiger partial charge in [-0.05, 0) is 45.6 Å². The molecule has 0 aliphatic carbocycles. The Morgan fingerprint density at radius 3 is 2.52 bits per heavy atom. The van der Waals surface area contributed by atoms with Gasteiger partial charge in [0.25, 0.3) is 0 Å². The third-order valence-corrected chi connectivity index (χ3v) is 4.39. The second-order valence-electron chi connectivity index (χ2n) is 5.22. The molecule has 3 aromatic rings. The minimum absolute atomic E-state index is 0.154. The van der Waals surface area contributed by atoms with Gasteiger partial charge in [-0.15, -0.1) is 0 Å². The van der Waals surface area contributed by atoms with Crippen molar-refractivity contribution in [3.05, 3.63) is 82.0 Å². The Kier molecular flexibility index (Phi) is 4.95. The van der Waals surface area contributed by atoms with E-state index in [1.807, 2.05) is 60.0 Å². The van der Waals surface area contributed by atoms with Crippen molar-refractivity contribution >= 4 is 11.3 Å². The van der Waals surface area contributed by atoms with E-state index < -0.39 is 0 Å². The summed E-state index contributed by atoms with van der Waals surface area (Å²) in [5.41, 5.74) is 9.54. The molecule has 23 heavy (non-hydrogen) atoms. The highest BCUT2D eigenvalue weighted by molar-refractivity contribution is 7.08. The van der Waals surface area contributed by atoms with E-state index in [-0.39, 0.29) is 6.04 Å². The van der Waals surface area contributed by atoms with Crippen molar-refractivity contribution in [1.82, 2.24) is 0 Å². The first-order chi connectivity index (χ1) is 11.3. The highest BCUT2D eigenvalue weighted by atomic mass is 32.1. The summed E-state index contributed by atoms with van der Waals surface area (Å²) in [6, 6.07) is 17.8. The van der Waals surface area contributed by atoms with Crippen LogP contribution in [-0.2, 0) is 6.61 Å². The summed E-state index contributed by atoms with van der Waals surface area (Å²) >= 11 is 1.65. The van der Waals surface area contributed by atoms with Crippen molar-refractivity contribution < 1.29 is 9.47 Å². The highest BCUT2D eigenvalue weighted by Gasteiger charge is 2.13. The summed E-state index contributed by atoms with van der Waals surface area (Å²) in [7, 11) is 1.64. The lowest BCUT2D eigenvalue weighted by atomic mass is 10.0. The first-order valence-electron chi connectivity index (χ1n) is 7.40. The Bertz CT molecular complexity index is 741. The van der Waals surface area contributed by atoms with Crippen LogP contribution in [-0.4, -0.2) is 7.11 Å². The largest absolute Gasteiger partial charge is 0.493 e. The van der Waals surface area contributed by atoms with Crippen LogP contribution in [0.1, 0.15) is 22.7 Å². The normalized spacial score (nSPS) is 11.9. The van der Waals surface area contributed by atoms with Crippen molar-refractivity contribution in [2.45, 2.75) is 12.6 Å². The molecule has 2 aromatic carbocycles. The van der Waals surface area contributed by atoms with Gasteiger partial charge in [0, 0.05) is 0 Å². The van der Waals surface area contributed by atoms with E-state index in [2.05, 4.69) is 5.38 Å². The van der Waals surface area contributed by atoms with Gasteiger partial charge in [-0.25, -0.2) is 0 Å². The average Bonchev–Trinajstić information content (AvgIpc) is 3.14. The van der Waals surface area contributed by atoms with E-state index in [1.165, 1.54) is 0 Å². The number of nitrogens with two attached hydrogens (primary N) is 1. The summed E-state index contributed by atoms with van der Waals surface area (Å²) in [5, 5.41) is 4.10. The molecule has 0 saturated carbocycles. The second-order valence-corrected chi connectivity index (χ2v) is 6.00. The fourth-order valence-electron chi connectivity index (χ4n) is 2.38. The van der Waals surface area contributed by atoms with Gasteiger partial charge in [-0.3, -0.25) is 0 Å². The molecule has 0 radical (unpaired) electrons. The van der Waals surface area contributed by atoms with Crippen LogP contribution in [0.2, 0.25) is 0 Å². The maximum absolute atomic E-state index is 6.31. The van der Waals surface area contributed by atoms with Crippen molar-refractivity contribution in [2.24, 2.45) is 5.73 Å². The molecule has 0 amide bonds. The Balaban J connectivity index is 1.77. The lowest BCUT2D eigenvalue weighted by Crippen LogP contribution is -2.11. The molecule has 3 rings (SSSR count). The van der Waals surface area contributed by atoms with E-state index in [4.69, 9.17) is 15.2 Å². The molecule has 0 saturated heterocycles. The van der Waals surface area contributed by atoms with Crippen LogP contribution < -0.4 is 15.2 Å². The van der Waals surface area contributed by atoms with Gasteiger partial charge in [-0.1, -0.05) is 36.4 Å². The first-order valence-corrected chi connectivity index (χ1v) is 8.34. The highest BCUT2D eigenvalue weighted by Crippen LogP contribution is 2.32. The van der Waals surface area contributed by atoms with E-state index in [1.54, 1.807) is 18.4 Å². The molecule has 0 aliphatic rings. The maximum Gasteiger partial charge on any atom is 0.161 e. The quantitative estimate of drug-likeness (QED) is 0.731. The minimum atomic E-state index is -0.154. The monoisotopic (exact) mass is 325 g/mol. The Hall–Kier alpha value is -2.30. The van der Waals surface area contributed by atoms with E-state index in [0.717, 1.165) is 22.4 Å². The zero-order valence-electron chi connectivity index (χ0n) is 12.9. The lowest BCUT2D eigenvalue weighted by Gasteiger charge is -2.15. The molecule has 0 bridgehead atoms. The number of methoxy groups -OCH3 is 1. The van der Waals surface area contributed by atoms with Crippen LogP contribution in [0.15, 0.2) is 65.4 Å². The Morgan fingerprint density at radius 2 is 1.83 bits per heavy atom. The maximum atomic E-state index is 6.31. The van der Waals surface area contributed by atoms with Gasteiger partial charge >= 0.3 is 0 Å². The second kappa shape index (κ2) is 7.31. The summed E-state index contributed by atoms with van der Waals surface area (Å²) in [5.74, 6) is 1.42. The zero-order valence-corrected chi connectivity index (χ0v) is 13.8. The van der Waals surface area contributed by atoms with Crippen LogP contribution in [0.25, 0.3) is 0 Å². The number of hydrogen-bond donors (Lipinski definition) is 1. The smallest absolute Gasteiger partial charge is 0.161 e. The number of hydrogen-bond acceptors (Lipinski definition) is 4. The van der Waals surface area contributed by atoms with Crippen LogP contribution in [0, 0.1) is 0 Å². The van der Waals surface area contributed by atoms with Gasteiger partial charge in [-0.2, -0.15) is 11.3 Å². The van der Waals surface area contributed by atoms with Crippen LogP contribution >= 0.6 is 11.3 Å². The van der Waals surface area contributed by atoms with Crippen molar-refractivity contribution in [3.8, 4) is 11.5 Å². The predicted molar refractivity (Wildman–Crippen MR) is 94.1 cm³/mol. The standard InChI is InChI=1S/C19H19NO2S/c1-21-18-11-15(19(20)16-9-10-23-13-16)7-8-17(18)22-12-14-5-3-2-4-6-14/h2-11,13,19H,12,20H2,1H3/t19-/m1/s1. The number of thiophene rings is 1.